The fourth-order valence-corrected chi connectivity index (χ4v) is 4.10. The number of nitrogens with two attached hydrogens (primary N) is 1. The molecule has 3 aromatic rings. The third-order valence-electron chi connectivity index (χ3n) is 6.09. The molecule has 0 aliphatic rings. The van der Waals surface area contributed by atoms with Crippen molar-refractivity contribution in [2.75, 3.05) is 20.6 Å². The van der Waals surface area contributed by atoms with Crippen LogP contribution in [-0.2, 0) is 9.59 Å². The molecule has 0 unspecified atom stereocenters. The molecule has 7 nitrogen and oxygen atoms in total. The van der Waals surface area contributed by atoms with Gasteiger partial charge in [-0.05, 0) is 35.7 Å². The van der Waals surface area contributed by atoms with Crippen LogP contribution in [0, 0.1) is 0 Å². The summed E-state index contributed by atoms with van der Waals surface area (Å²) in [5, 5.41) is 7.58. The maximum atomic E-state index is 12.6. The van der Waals surface area contributed by atoms with Crippen molar-refractivity contribution in [1.29, 1.82) is 0 Å². The van der Waals surface area contributed by atoms with Gasteiger partial charge in [-0.15, -0.1) is 0 Å². The number of rotatable bonds is 14. The van der Waals surface area contributed by atoms with Crippen molar-refractivity contribution in [1.82, 2.24) is 15.3 Å². The van der Waals surface area contributed by atoms with Crippen molar-refractivity contribution in [2.24, 2.45) is 0 Å². The summed E-state index contributed by atoms with van der Waals surface area (Å²) in [6, 6.07) is 14.6. The lowest BCUT2D eigenvalue weighted by atomic mass is 10.0. The molecule has 1 aromatic heterocycles. The van der Waals surface area contributed by atoms with Crippen molar-refractivity contribution in [2.45, 2.75) is 57.9 Å². The first kappa shape index (κ1) is 31.6. The fourth-order valence-electron chi connectivity index (χ4n) is 4.10. The number of quaternary nitrogens is 1. The van der Waals surface area contributed by atoms with E-state index in [1.165, 1.54) is 10.8 Å². The van der Waals surface area contributed by atoms with E-state index in [4.69, 9.17) is 0 Å². The smallest absolute Gasteiger partial charge is 0.275 e. The van der Waals surface area contributed by atoms with Crippen molar-refractivity contribution in [3.05, 3.63) is 54.5 Å². The van der Waals surface area contributed by atoms with Crippen LogP contribution < -0.4 is 40.5 Å². The zero-order chi connectivity index (χ0) is 24.3. The summed E-state index contributed by atoms with van der Waals surface area (Å²) in [7, 11) is 3.93. The molecule has 0 spiro atoms. The van der Waals surface area contributed by atoms with E-state index in [1.54, 1.807) is 0 Å². The molecule has 0 fully saturated rings. The molecule has 0 bridgehead atoms. The number of unbranched alkanes of at least 4 members (excludes halogenated alkanes) is 2. The van der Waals surface area contributed by atoms with Gasteiger partial charge in [-0.2, -0.15) is 5.01 Å². The van der Waals surface area contributed by atoms with Gasteiger partial charge in [0.05, 0.1) is 6.42 Å². The molecule has 0 saturated heterocycles. The van der Waals surface area contributed by atoms with Gasteiger partial charge >= 0.3 is 0 Å². The first-order valence-electron chi connectivity index (χ1n) is 12.4. The summed E-state index contributed by atoms with van der Waals surface area (Å²) in [6.07, 6.45) is 7.33. The van der Waals surface area contributed by atoms with Crippen molar-refractivity contribution in [3.63, 3.8) is 0 Å². The average molecular weight is 537 g/mol. The summed E-state index contributed by atoms with van der Waals surface area (Å²) >= 11 is 0. The van der Waals surface area contributed by atoms with Gasteiger partial charge in [-0.1, -0.05) is 50.1 Å². The maximum Gasteiger partial charge on any atom is 0.275 e. The Balaban J connectivity index is 0.00000324. The zero-order valence-corrected chi connectivity index (χ0v) is 23.0. The summed E-state index contributed by atoms with van der Waals surface area (Å²) in [5.74, 6) is 1.26. The fraction of sp³-hybridized carbons (Fsp3) is 0.444. The van der Waals surface area contributed by atoms with Gasteiger partial charge in [-0.25, -0.2) is 9.97 Å². The average Bonchev–Trinajstić information content (AvgIpc) is 3.32. The summed E-state index contributed by atoms with van der Waals surface area (Å²) in [4.78, 5) is 31.1. The predicted octanol–water partition coefficient (Wildman–Crippen LogP) is -2.83. The third kappa shape index (κ3) is 9.90. The lowest BCUT2D eigenvalue weighted by Gasteiger charge is -2.14. The second kappa shape index (κ2) is 16.3. The second-order valence-electron chi connectivity index (χ2n) is 9.10. The minimum atomic E-state index is -0.122. The third-order valence-corrected chi connectivity index (χ3v) is 6.09. The summed E-state index contributed by atoms with van der Waals surface area (Å²) < 4.78 is 0. The monoisotopic (exact) mass is 535 g/mol. The molecule has 2 aromatic carbocycles. The van der Waals surface area contributed by atoms with E-state index >= 15 is 0 Å². The van der Waals surface area contributed by atoms with Crippen LogP contribution in [0.2, 0.25) is 0 Å². The van der Waals surface area contributed by atoms with E-state index in [0.29, 0.717) is 31.6 Å². The number of nitrogens with one attached hydrogen (secondary N) is 3. The van der Waals surface area contributed by atoms with E-state index in [1.807, 2.05) is 49.8 Å². The first-order valence-corrected chi connectivity index (χ1v) is 12.4. The van der Waals surface area contributed by atoms with Crippen LogP contribution in [0.15, 0.2) is 48.7 Å². The molecule has 0 saturated carbocycles. The van der Waals surface area contributed by atoms with Crippen molar-refractivity contribution >= 4 is 22.5 Å². The Kier molecular flexibility index (Phi) is 14.3. The van der Waals surface area contributed by atoms with Crippen molar-refractivity contribution < 1.29 is 44.8 Å². The largest absolute Gasteiger partial charge is 1.00 e. The highest BCUT2D eigenvalue weighted by Crippen LogP contribution is 2.24. The molecule has 1 atom stereocenters. The van der Waals surface area contributed by atoms with Gasteiger partial charge in [-0.3, -0.25) is 15.0 Å². The van der Waals surface area contributed by atoms with E-state index in [9.17, 15) is 9.59 Å². The number of hydrogen-bond donors (Lipinski definition) is 3. The lowest BCUT2D eigenvalue weighted by Crippen LogP contribution is -3.00. The summed E-state index contributed by atoms with van der Waals surface area (Å²) in [6.45, 7) is 2.62. The van der Waals surface area contributed by atoms with E-state index < -0.39 is 0 Å². The van der Waals surface area contributed by atoms with Gasteiger partial charge < -0.3 is 30.1 Å². The molecular formula is C27H39Cl2N5O2. The van der Waals surface area contributed by atoms with Crippen LogP contribution in [0.4, 0.5) is 0 Å². The predicted molar refractivity (Wildman–Crippen MR) is 135 cm³/mol. The van der Waals surface area contributed by atoms with Crippen LogP contribution in [0.3, 0.4) is 0 Å². The van der Waals surface area contributed by atoms with E-state index in [-0.39, 0.29) is 36.8 Å². The molecule has 0 radical (unpaired) electrons. The molecule has 3 rings (SSSR count). The van der Waals surface area contributed by atoms with Gasteiger partial charge in [0, 0.05) is 32.5 Å². The lowest BCUT2D eigenvalue weighted by molar-refractivity contribution is -0.793. The van der Waals surface area contributed by atoms with Gasteiger partial charge in [0.2, 0.25) is 5.91 Å². The molecule has 36 heavy (non-hydrogen) atoms. The topological polar surface area (TPSA) is 96.0 Å². The first-order chi connectivity index (χ1) is 16.5. The number of Topliss-reactive ketones (excluding diaryl/α,β-unsaturated/α-hetero) is 1. The maximum absolute atomic E-state index is 12.6. The molecule has 0 aliphatic heterocycles. The van der Waals surface area contributed by atoms with Crippen LogP contribution >= 0.6 is 0 Å². The number of H-pyrrole nitrogens is 2. The summed E-state index contributed by atoms with van der Waals surface area (Å²) in [5.41, 5.74) is 4.11. The number of nitrogens with zero attached hydrogens (tertiary/aromatic N) is 1. The van der Waals surface area contributed by atoms with E-state index in [0.717, 1.165) is 42.8 Å². The van der Waals surface area contributed by atoms with Crippen LogP contribution in [0.5, 0.6) is 0 Å². The quantitative estimate of drug-likeness (QED) is 0.118. The van der Waals surface area contributed by atoms with Crippen LogP contribution in [0.1, 0.15) is 63.7 Å². The minimum absolute atomic E-state index is 0. The number of fused-ring (bicyclic) bond motifs is 1. The Labute approximate surface area is 226 Å². The molecule has 1 amide bonds. The Morgan fingerprint density at radius 3 is 2.50 bits per heavy atom. The highest BCUT2D eigenvalue weighted by molar-refractivity contribution is 5.86. The second-order valence-corrected chi connectivity index (χ2v) is 9.10. The molecule has 198 valence electrons. The van der Waals surface area contributed by atoms with Gasteiger partial charge in [0.25, 0.3) is 5.82 Å². The number of aromatic amines is 2. The highest BCUT2D eigenvalue weighted by atomic mass is 35.5. The number of aromatic nitrogens is 2. The number of imidazole rings is 1. The number of hydrogen-bond acceptors (Lipinski definition) is 3. The van der Waals surface area contributed by atoms with E-state index in [2.05, 4.69) is 45.6 Å². The molecule has 0 aliphatic carbocycles. The SMILES string of the molecule is CCC(=O)CCCCC[C@H](NC(=O)CC[NH2+]N(C)C)c1[nH]c(-c2ccc3ccccc3c2)c[nH+]1.[Cl-].[Cl-]. The number of amides is 1. The standard InChI is InChI=1S/C27H37N5O2.2ClH/c1-4-23(33)12-6-5-7-13-24(30-26(34)16-17-29-32(2)3)27-28-19-25(31-27)22-15-14-20-10-8-9-11-21(20)18-22;;/h8-11,14-15,18-19,24,29H,4-7,12-13,16-17H2,1-3H3,(H,28,31)(H,30,34);2*1H/t24-;;/m0../s1. The number of halogens is 2. The molecular weight excluding hydrogens is 497 g/mol. The molecule has 9 heteroatoms. The van der Waals surface area contributed by atoms with Gasteiger partial charge in [0.1, 0.15) is 24.6 Å². The molecule has 5 N–H and O–H groups in total. The van der Waals surface area contributed by atoms with Crippen LogP contribution in [-0.4, -0.2) is 42.3 Å². The number of benzene rings is 2. The zero-order valence-electron chi connectivity index (χ0n) is 21.4. The Morgan fingerprint density at radius 2 is 1.78 bits per heavy atom. The minimum Gasteiger partial charge on any atom is -1.00 e. The molecule has 1 heterocycles. The van der Waals surface area contributed by atoms with Gasteiger partial charge in [0.15, 0.2) is 5.69 Å². The van der Waals surface area contributed by atoms with Crippen molar-refractivity contribution in [3.8, 4) is 11.3 Å². The number of ketones is 1. The Hall–Kier alpha value is -2.45. The normalized spacial score (nSPS) is 11.6. The highest BCUT2D eigenvalue weighted by Gasteiger charge is 2.23. The number of carbonyl (C=O) groups excluding carboxylic acids is 2. The Bertz CT molecular complexity index is 1090. The van der Waals surface area contributed by atoms with Crippen LogP contribution in [0.25, 0.3) is 22.0 Å². The number of carbonyl (C=O) groups is 2. The Morgan fingerprint density at radius 1 is 1.03 bits per heavy atom.